The van der Waals surface area contributed by atoms with E-state index in [-0.39, 0.29) is 5.75 Å². The van der Waals surface area contributed by atoms with Crippen molar-refractivity contribution in [2.24, 2.45) is 0 Å². The molecule has 0 spiro atoms. The van der Waals surface area contributed by atoms with Crippen LogP contribution >= 0.6 is 0 Å². The molecular formula is C10H9F3O2. The number of carbonyl (C=O) groups is 1. The number of hydrogen-bond donors (Lipinski definition) is 0. The Morgan fingerprint density at radius 2 is 1.87 bits per heavy atom. The van der Waals surface area contributed by atoms with Gasteiger partial charge in [0.1, 0.15) is 5.75 Å². The van der Waals surface area contributed by atoms with Crippen LogP contribution in [0.15, 0.2) is 18.2 Å². The van der Waals surface area contributed by atoms with Crippen LogP contribution in [-0.4, -0.2) is 19.1 Å². The molecule has 0 fully saturated rings. The van der Waals surface area contributed by atoms with Gasteiger partial charge in [0.05, 0.1) is 7.11 Å². The molecule has 0 unspecified atom stereocenters. The van der Waals surface area contributed by atoms with Gasteiger partial charge in [-0.3, -0.25) is 4.79 Å². The first-order valence-electron chi connectivity index (χ1n) is 4.12. The predicted octanol–water partition coefficient (Wildman–Crippen LogP) is 2.75. The molecule has 0 aromatic heterocycles. The predicted molar refractivity (Wildman–Crippen MR) is 48.1 cm³/mol. The third kappa shape index (κ3) is 2.71. The lowest BCUT2D eigenvalue weighted by Crippen LogP contribution is -2.22. The largest absolute Gasteiger partial charge is 0.497 e. The summed E-state index contributed by atoms with van der Waals surface area (Å²) < 4.78 is 41.1. The second-order valence-electron chi connectivity index (χ2n) is 3.07. The monoisotopic (exact) mass is 218 g/mol. The summed E-state index contributed by atoms with van der Waals surface area (Å²) in [6.45, 7) is 1.59. The molecule has 0 heterocycles. The van der Waals surface area contributed by atoms with E-state index in [2.05, 4.69) is 0 Å². The van der Waals surface area contributed by atoms with Gasteiger partial charge < -0.3 is 4.74 Å². The molecule has 0 N–H and O–H groups in total. The van der Waals surface area contributed by atoms with E-state index in [9.17, 15) is 18.0 Å². The Morgan fingerprint density at radius 3 is 2.33 bits per heavy atom. The first-order chi connectivity index (χ1) is 6.84. The molecule has 82 valence electrons. The second-order valence-corrected chi connectivity index (χ2v) is 3.07. The Balaban J connectivity index is 3.15. The lowest BCUT2D eigenvalue weighted by Gasteiger charge is -2.08. The van der Waals surface area contributed by atoms with E-state index in [1.807, 2.05) is 0 Å². The molecule has 0 saturated carbocycles. The van der Waals surface area contributed by atoms with Crippen LogP contribution in [-0.2, 0) is 0 Å². The van der Waals surface area contributed by atoms with Crippen LogP contribution in [0.4, 0.5) is 13.2 Å². The Labute approximate surface area is 84.7 Å². The second kappa shape index (κ2) is 3.92. The van der Waals surface area contributed by atoms with Gasteiger partial charge in [-0.1, -0.05) is 0 Å². The first kappa shape index (κ1) is 11.6. The fraction of sp³-hybridized carbons (Fsp3) is 0.300. The number of rotatable bonds is 2. The maximum atomic E-state index is 12.1. The number of Topliss-reactive ketones (excluding diaryl/α,β-unsaturated/α-hetero) is 1. The Hall–Kier alpha value is -1.52. The SMILES string of the molecule is COc1cc(C)cc(C(=O)C(F)(F)F)c1. The van der Waals surface area contributed by atoms with E-state index in [0.29, 0.717) is 5.56 Å². The lowest BCUT2D eigenvalue weighted by molar-refractivity contribution is -0.0885. The van der Waals surface area contributed by atoms with Crippen LogP contribution in [0, 0.1) is 6.92 Å². The molecule has 0 amide bonds. The molecule has 0 atom stereocenters. The minimum atomic E-state index is -4.85. The summed E-state index contributed by atoms with van der Waals surface area (Å²) in [7, 11) is 1.33. The average Bonchev–Trinajstić information content (AvgIpc) is 2.14. The van der Waals surface area contributed by atoms with Gasteiger partial charge in [0, 0.05) is 5.56 Å². The average molecular weight is 218 g/mol. The summed E-state index contributed by atoms with van der Waals surface area (Å²) in [6.07, 6.45) is -4.85. The number of benzene rings is 1. The van der Waals surface area contributed by atoms with E-state index in [0.717, 1.165) is 6.07 Å². The summed E-state index contributed by atoms with van der Waals surface area (Å²) >= 11 is 0. The summed E-state index contributed by atoms with van der Waals surface area (Å²) in [5.74, 6) is -1.62. The van der Waals surface area contributed by atoms with Crippen molar-refractivity contribution >= 4 is 5.78 Å². The number of carbonyl (C=O) groups excluding carboxylic acids is 1. The quantitative estimate of drug-likeness (QED) is 0.713. The maximum Gasteiger partial charge on any atom is 0.454 e. The number of aryl methyl sites for hydroxylation is 1. The summed E-state index contributed by atoms with van der Waals surface area (Å²) in [6, 6.07) is 3.80. The number of hydrogen-bond acceptors (Lipinski definition) is 2. The van der Waals surface area contributed by atoms with Crippen LogP contribution in [0.2, 0.25) is 0 Å². The zero-order valence-corrected chi connectivity index (χ0v) is 8.18. The normalized spacial score (nSPS) is 11.3. The smallest absolute Gasteiger partial charge is 0.454 e. The van der Waals surface area contributed by atoms with Gasteiger partial charge in [-0.25, -0.2) is 0 Å². The molecule has 15 heavy (non-hydrogen) atoms. The molecule has 1 aromatic carbocycles. The van der Waals surface area contributed by atoms with Gasteiger partial charge in [0.25, 0.3) is 5.78 Å². The Bertz CT molecular complexity index is 383. The third-order valence-corrected chi connectivity index (χ3v) is 1.81. The molecule has 0 aliphatic carbocycles. The number of alkyl halides is 3. The molecule has 2 nitrogen and oxygen atoms in total. The lowest BCUT2D eigenvalue weighted by atomic mass is 10.1. The molecule has 0 aliphatic rings. The minimum Gasteiger partial charge on any atom is -0.497 e. The molecule has 0 radical (unpaired) electrons. The zero-order valence-electron chi connectivity index (χ0n) is 8.18. The number of halogens is 3. The van der Waals surface area contributed by atoms with Gasteiger partial charge in [-0.2, -0.15) is 13.2 Å². The summed E-state index contributed by atoms with van der Waals surface area (Å²) in [5.41, 5.74) is 0.140. The van der Waals surface area contributed by atoms with Crippen molar-refractivity contribution in [1.29, 1.82) is 0 Å². The van der Waals surface area contributed by atoms with Crippen molar-refractivity contribution in [3.8, 4) is 5.75 Å². The van der Waals surface area contributed by atoms with Crippen LogP contribution in [0.3, 0.4) is 0 Å². The first-order valence-corrected chi connectivity index (χ1v) is 4.12. The number of ether oxygens (including phenoxy) is 1. The highest BCUT2D eigenvalue weighted by Crippen LogP contribution is 2.24. The standard InChI is InChI=1S/C10H9F3O2/c1-6-3-7(5-8(4-6)15-2)9(14)10(11,12)13/h3-5H,1-2H3. The Kier molecular flexibility index (Phi) is 3.02. The van der Waals surface area contributed by atoms with Crippen LogP contribution in [0.25, 0.3) is 0 Å². The maximum absolute atomic E-state index is 12.1. The van der Waals surface area contributed by atoms with Crippen molar-refractivity contribution in [3.05, 3.63) is 29.3 Å². The fourth-order valence-corrected chi connectivity index (χ4v) is 1.16. The van der Waals surface area contributed by atoms with Crippen molar-refractivity contribution in [2.75, 3.05) is 7.11 Å². The van der Waals surface area contributed by atoms with E-state index < -0.39 is 17.5 Å². The van der Waals surface area contributed by atoms with Crippen molar-refractivity contribution in [3.63, 3.8) is 0 Å². The van der Waals surface area contributed by atoms with E-state index in [4.69, 9.17) is 4.74 Å². The highest BCUT2D eigenvalue weighted by atomic mass is 19.4. The van der Waals surface area contributed by atoms with Crippen molar-refractivity contribution in [1.82, 2.24) is 0 Å². The molecule has 1 rings (SSSR count). The fourth-order valence-electron chi connectivity index (χ4n) is 1.16. The van der Waals surface area contributed by atoms with Crippen LogP contribution in [0.1, 0.15) is 15.9 Å². The molecule has 0 bridgehead atoms. The van der Waals surface area contributed by atoms with Crippen LogP contribution in [0.5, 0.6) is 5.75 Å². The molecule has 0 saturated heterocycles. The van der Waals surface area contributed by atoms with Gasteiger partial charge in [0.2, 0.25) is 0 Å². The number of ketones is 1. The van der Waals surface area contributed by atoms with E-state index in [1.54, 1.807) is 13.0 Å². The summed E-state index contributed by atoms with van der Waals surface area (Å²) in [5, 5.41) is 0. The highest BCUT2D eigenvalue weighted by Gasteiger charge is 2.39. The van der Waals surface area contributed by atoms with Gasteiger partial charge >= 0.3 is 6.18 Å². The highest BCUT2D eigenvalue weighted by molar-refractivity contribution is 6.00. The topological polar surface area (TPSA) is 26.3 Å². The van der Waals surface area contributed by atoms with E-state index in [1.165, 1.54) is 13.2 Å². The van der Waals surface area contributed by atoms with Crippen LogP contribution < -0.4 is 4.74 Å². The van der Waals surface area contributed by atoms with Gasteiger partial charge in [0.15, 0.2) is 0 Å². The van der Waals surface area contributed by atoms with Crippen molar-refractivity contribution < 1.29 is 22.7 Å². The van der Waals surface area contributed by atoms with Crippen molar-refractivity contribution in [2.45, 2.75) is 13.1 Å². The van der Waals surface area contributed by atoms with E-state index >= 15 is 0 Å². The number of methoxy groups -OCH3 is 1. The molecular weight excluding hydrogens is 209 g/mol. The zero-order chi connectivity index (χ0) is 11.6. The molecule has 0 aliphatic heterocycles. The molecule has 1 aromatic rings. The Morgan fingerprint density at radius 1 is 1.27 bits per heavy atom. The third-order valence-electron chi connectivity index (χ3n) is 1.81. The van der Waals surface area contributed by atoms with Gasteiger partial charge in [-0.05, 0) is 30.7 Å². The molecule has 5 heteroatoms. The minimum absolute atomic E-state index is 0.239. The van der Waals surface area contributed by atoms with Gasteiger partial charge in [-0.15, -0.1) is 0 Å². The summed E-state index contributed by atoms with van der Waals surface area (Å²) in [4.78, 5) is 10.9.